The molecule has 1 amide bonds. The van der Waals surface area contributed by atoms with Gasteiger partial charge in [-0.3, -0.25) is 9.89 Å². The zero-order valence-corrected chi connectivity index (χ0v) is 17.4. The largest absolute Gasteiger partial charge is 0.378 e. The first kappa shape index (κ1) is 19.9. The van der Waals surface area contributed by atoms with E-state index < -0.39 is 0 Å². The Balaban J connectivity index is 1.50. The van der Waals surface area contributed by atoms with Gasteiger partial charge in [0.05, 0.1) is 29.6 Å². The highest BCUT2D eigenvalue weighted by Gasteiger charge is 2.32. The van der Waals surface area contributed by atoms with Gasteiger partial charge in [0.2, 0.25) is 0 Å². The number of rotatable bonds is 5. The average molecular weight is 400 g/mol. The molecule has 4 rings (SSSR count). The molecule has 6 heteroatoms. The van der Waals surface area contributed by atoms with E-state index in [0.717, 1.165) is 28.1 Å². The van der Waals surface area contributed by atoms with Crippen molar-refractivity contribution in [2.24, 2.45) is 0 Å². The third-order valence-electron chi connectivity index (χ3n) is 5.83. The molecular weight excluding hydrogens is 376 g/mol. The minimum atomic E-state index is 0.0374. The number of likely N-dealkylation sites (tertiary alicyclic amines) is 1. The Bertz CT molecular complexity index is 1120. The second-order valence-corrected chi connectivity index (χ2v) is 7.77. The summed E-state index contributed by atoms with van der Waals surface area (Å²) < 4.78 is 5.20. The summed E-state index contributed by atoms with van der Waals surface area (Å²) >= 11 is 0. The van der Waals surface area contributed by atoms with E-state index in [1.807, 2.05) is 61.2 Å². The van der Waals surface area contributed by atoms with Gasteiger partial charge in [0, 0.05) is 42.8 Å². The first-order chi connectivity index (χ1) is 14.5. The number of hydrogen-bond donors (Lipinski definition) is 1. The molecule has 6 nitrogen and oxygen atoms in total. The van der Waals surface area contributed by atoms with Crippen molar-refractivity contribution in [2.45, 2.75) is 26.4 Å². The van der Waals surface area contributed by atoms with Crippen molar-refractivity contribution in [1.82, 2.24) is 15.1 Å². The molecule has 1 fully saturated rings. The van der Waals surface area contributed by atoms with E-state index in [4.69, 9.17) is 10.00 Å². The molecule has 0 radical (unpaired) electrons. The standard InChI is InChI=1S/C24H24N4O2/c1-15-4-7-19(10-21(15)23-16(2)22(14-30-3)26-27-23)24(29)28-12-20(13-28)18-8-5-17(11-25)6-9-18/h4-10,20H,12-14H2,1-3H3,(H,26,27). The number of nitrogens with zero attached hydrogens (tertiary/aromatic N) is 3. The molecule has 30 heavy (non-hydrogen) atoms. The Morgan fingerprint density at radius 1 is 1.23 bits per heavy atom. The molecule has 0 atom stereocenters. The molecule has 2 heterocycles. The Morgan fingerprint density at radius 3 is 2.63 bits per heavy atom. The quantitative estimate of drug-likeness (QED) is 0.703. The van der Waals surface area contributed by atoms with Crippen LogP contribution in [0.25, 0.3) is 11.3 Å². The van der Waals surface area contributed by atoms with Gasteiger partial charge in [0.1, 0.15) is 0 Å². The molecule has 1 aliphatic rings. The first-order valence-corrected chi connectivity index (χ1v) is 9.95. The van der Waals surface area contributed by atoms with Crippen LogP contribution in [0, 0.1) is 25.2 Å². The fraction of sp³-hybridized carbons (Fsp3) is 0.292. The number of benzene rings is 2. The summed E-state index contributed by atoms with van der Waals surface area (Å²) in [6.45, 7) is 5.87. The monoisotopic (exact) mass is 400 g/mol. The van der Waals surface area contributed by atoms with E-state index in [2.05, 4.69) is 16.3 Å². The summed E-state index contributed by atoms with van der Waals surface area (Å²) in [5.74, 6) is 0.355. The number of aryl methyl sites for hydroxylation is 1. The highest BCUT2D eigenvalue weighted by atomic mass is 16.5. The van der Waals surface area contributed by atoms with E-state index >= 15 is 0 Å². The van der Waals surface area contributed by atoms with Crippen LogP contribution in [0.15, 0.2) is 42.5 Å². The number of carbonyl (C=O) groups is 1. The number of nitriles is 1. The van der Waals surface area contributed by atoms with Crippen LogP contribution < -0.4 is 0 Å². The van der Waals surface area contributed by atoms with Gasteiger partial charge in [0.25, 0.3) is 5.91 Å². The summed E-state index contributed by atoms with van der Waals surface area (Å²) in [5, 5.41) is 16.4. The maximum atomic E-state index is 13.0. The van der Waals surface area contributed by atoms with Gasteiger partial charge in [-0.1, -0.05) is 18.2 Å². The van der Waals surface area contributed by atoms with Crippen LogP contribution in [-0.2, 0) is 11.3 Å². The zero-order valence-electron chi connectivity index (χ0n) is 17.4. The normalized spacial score (nSPS) is 13.7. The Kier molecular flexibility index (Phi) is 5.39. The lowest BCUT2D eigenvalue weighted by Crippen LogP contribution is -2.48. The maximum Gasteiger partial charge on any atom is 0.253 e. The molecule has 1 aromatic heterocycles. The van der Waals surface area contributed by atoms with Gasteiger partial charge in [-0.05, 0) is 49.2 Å². The number of methoxy groups -OCH3 is 1. The number of aromatic nitrogens is 2. The number of carbonyl (C=O) groups excluding carboxylic acids is 1. The first-order valence-electron chi connectivity index (χ1n) is 9.95. The van der Waals surface area contributed by atoms with Crippen molar-refractivity contribution in [3.63, 3.8) is 0 Å². The number of nitrogens with one attached hydrogen (secondary N) is 1. The molecule has 1 N–H and O–H groups in total. The van der Waals surface area contributed by atoms with E-state index in [-0.39, 0.29) is 5.91 Å². The predicted octanol–water partition coefficient (Wildman–Crippen LogP) is 3.95. The second kappa shape index (κ2) is 8.13. The van der Waals surface area contributed by atoms with Crippen molar-refractivity contribution >= 4 is 5.91 Å². The van der Waals surface area contributed by atoms with Crippen molar-refractivity contribution in [3.05, 3.63) is 76.0 Å². The highest BCUT2D eigenvalue weighted by molar-refractivity contribution is 5.96. The lowest BCUT2D eigenvalue weighted by atomic mass is 9.90. The van der Waals surface area contributed by atoms with Crippen molar-refractivity contribution in [3.8, 4) is 17.3 Å². The van der Waals surface area contributed by atoms with E-state index in [0.29, 0.717) is 36.7 Å². The fourth-order valence-corrected chi connectivity index (χ4v) is 3.87. The molecule has 0 unspecified atom stereocenters. The molecule has 0 spiro atoms. The van der Waals surface area contributed by atoms with Crippen LogP contribution in [-0.4, -0.2) is 41.2 Å². The van der Waals surface area contributed by atoms with Gasteiger partial charge in [-0.25, -0.2) is 0 Å². The lowest BCUT2D eigenvalue weighted by molar-refractivity contribution is 0.0602. The Morgan fingerprint density at radius 2 is 1.97 bits per heavy atom. The number of amides is 1. The summed E-state index contributed by atoms with van der Waals surface area (Å²) in [7, 11) is 1.65. The average Bonchev–Trinajstić information content (AvgIpc) is 3.08. The van der Waals surface area contributed by atoms with Crippen molar-refractivity contribution in [2.75, 3.05) is 20.2 Å². The molecule has 1 aliphatic heterocycles. The van der Waals surface area contributed by atoms with Gasteiger partial charge < -0.3 is 9.64 Å². The molecule has 3 aromatic rings. The highest BCUT2D eigenvalue weighted by Crippen LogP contribution is 2.31. The zero-order chi connectivity index (χ0) is 21.3. The third kappa shape index (κ3) is 3.60. The van der Waals surface area contributed by atoms with Crippen LogP contribution in [0.2, 0.25) is 0 Å². The summed E-state index contributed by atoms with van der Waals surface area (Å²) in [6.07, 6.45) is 0. The van der Waals surface area contributed by atoms with Crippen LogP contribution >= 0.6 is 0 Å². The van der Waals surface area contributed by atoms with Crippen LogP contribution in [0.4, 0.5) is 0 Å². The number of H-pyrrole nitrogens is 1. The SMILES string of the molecule is COCc1n[nH]c(-c2cc(C(=O)N3CC(c4ccc(C#N)cc4)C3)ccc2C)c1C. The number of aromatic amines is 1. The van der Waals surface area contributed by atoms with Crippen LogP contribution in [0.3, 0.4) is 0 Å². The van der Waals surface area contributed by atoms with Crippen molar-refractivity contribution in [1.29, 1.82) is 5.26 Å². The Hall–Kier alpha value is -3.43. The molecule has 152 valence electrons. The number of ether oxygens (including phenoxy) is 1. The molecule has 1 saturated heterocycles. The summed E-state index contributed by atoms with van der Waals surface area (Å²) in [4.78, 5) is 14.9. The lowest BCUT2D eigenvalue weighted by Gasteiger charge is -2.39. The van der Waals surface area contributed by atoms with E-state index in [9.17, 15) is 4.79 Å². The van der Waals surface area contributed by atoms with Gasteiger partial charge in [-0.2, -0.15) is 10.4 Å². The van der Waals surface area contributed by atoms with Crippen molar-refractivity contribution < 1.29 is 9.53 Å². The van der Waals surface area contributed by atoms with Gasteiger partial charge in [0.15, 0.2) is 0 Å². The maximum absolute atomic E-state index is 13.0. The third-order valence-corrected chi connectivity index (χ3v) is 5.83. The molecule has 0 bridgehead atoms. The minimum Gasteiger partial charge on any atom is -0.378 e. The molecular formula is C24H24N4O2. The van der Waals surface area contributed by atoms with E-state index in [1.54, 1.807) is 7.11 Å². The summed E-state index contributed by atoms with van der Waals surface area (Å²) in [5.41, 5.74) is 7.40. The van der Waals surface area contributed by atoms with E-state index in [1.165, 1.54) is 5.56 Å². The van der Waals surface area contributed by atoms with Crippen LogP contribution in [0.5, 0.6) is 0 Å². The topological polar surface area (TPSA) is 82.0 Å². The minimum absolute atomic E-state index is 0.0374. The molecule has 2 aromatic carbocycles. The second-order valence-electron chi connectivity index (χ2n) is 7.77. The fourth-order valence-electron chi connectivity index (χ4n) is 3.87. The Labute approximate surface area is 176 Å². The van der Waals surface area contributed by atoms with Gasteiger partial charge >= 0.3 is 0 Å². The smallest absolute Gasteiger partial charge is 0.253 e. The van der Waals surface area contributed by atoms with Gasteiger partial charge in [-0.15, -0.1) is 0 Å². The predicted molar refractivity (Wildman–Crippen MR) is 114 cm³/mol. The van der Waals surface area contributed by atoms with Crippen LogP contribution in [0.1, 0.15) is 44.2 Å². The molecule has 0 saturated carbocycles. The summed E-state index contributed by atoms with van der Waals surface area (Å²) in [6, 6.07) is 15.6. The molecule has 0 aliphatic carbocycles. The number of hydrogen-bond acceptors (Lipinski definition) is 4.